The number of alkyl halides is 3. The fraction of sp³-hybridized carbons (Fsp3) is 0.577. The van der Waals surface area contributed by atoms with E-state index in [-0.39, 0.29) is 41.9 Å². The third-order valence-electron chi connectivity index (χ3n) is 7.73. The van der Waals surface area contributed by atoms with Crippen LogP contribution in [0.1, 0.15) is 77.2 Å². The van der Waals surface area contributed by atoms with Crippen LogP contribution in [0.4, 0.5) is 18.0 Å². The van der Waals surface area contributed by atoms with Gasteiger partial charge in [-0.1, -0.05) is 18.2 Å². The van der Waals surface area contributed by atoms with Crippen molar-refractivity contribution in [2.75, 3.05) is 39.3 Å². The van der Waals surface area contributed by atoms with Gasteiger partial charge in [-0.3, -0.25) is 9.48 Å². The maximum atomic E-state index is 13.6. The highest BCUT2D eigenvalue weighted by molar-refractivity contribution is 5.95. The van der Waals surface area contributed by atoms with Crippen LogP contribution in [0.3, 0.4) is 0 Å². The Labute approximate surface area is 214 Å². The molecule has 1 saturated carbocycles. The lowest BCUT2D eigenvalue weighted by Gasteiger charge is -2.33. The number of hydrogen-bond acceptors (Lipinski definition) is 4. The van der Waals surface area contributed by atoms with E-state index < -0.39 is 11.7 Å². The summed E-state index contributed by atoms with van der Waals surface area (Å²) >= 11 is 0. The summed E-state index contributed by atoms with van der Waals surface area (Å²) in [5.74, 6) is -0.230. The molecule has 1 aromatic heterocycles. The highest BCUT2D eigenvalue weighted by Crippen LogP contribution is 2.44. The summed E-state index contributed by atoms with van der Waals surface area (Å²) in [5, 5.41) is 7.42. The Morgan fingerprint density at radius 3 is 2.38 bits per heavy atom. The van der Waals surface area contributed by atoms with Crippen molar-refractivity contribution in [2.45, 2.75) is 56.2 Å². The molecule has 8 nitrogen and oxygen atoms in total. The van der Waals surface area contributed by atoms with Gasteiger partial charge in [0.2, 0.25) is 0 Å². The number of rotatable bonds is 6. The number of likely N-dealkylation sites (tertiary alicyclic amines) is 2. The van der Waals surface area contributed by atoms with Crippen molar-refractivity contribution in [2.24, 2.45) is 5.73 Å². The van der Waals surface area contributed by atoms with Crippen molar-refractivity contribution >= 4 is 11.9 Å². The summed E-state index contributed by atoms with van der Waals surface area (Å²) in [7, 11) is 0. The highest BCUT2D eigenvalue weighted by atomic mass is 19.4. The van der Waals surface area contributed by atoms with Gasteiger partial charge in [-0.2, -0.15) is 18.3 Å². The molecule has 3 amide bonds. The highest BCUT2D eigenvalue weighted by Gasteiger charge is 2.40. The zero-order valence-electron chi connectivity index (χ0n) is 20.7. The SMILES string of the molecule is NCCNC(=O)N1CCC(n2ncc(C(=O)N3CC[C@@H](c4ccccc4C(F)(F)F)C3)c2C2CC2)CC1. The van der Waals surface area contributed by atoms with E-state index in [1.807, 2.05) is 4.68 Å². The second kappa shape index (κ2) is 10.4. The zero-order valence-corrected chi connectivity index (χ0v) is 20.7. The number of amides is 3. The number of carbonyl (C=O) groups excluding carboxylic acids is 2. The Bertz CT molecular complexity index is 1140. The van der Waals surface area contributed by atoms with Gasteiger partial charge in [-0.15, -0.1) is 0 Å². The van der Waals surface area contributed by atoms with Gasteiger partial charge in [-0.05, 0) is 43.7 Å². The average molecular weight is 519 g/mol. The van der Waals surface area contributed by atoms with Gasteiger partial charge in [0.05, 0.1) is 29.1 Å². The molecule has 5 rings (SSSR count). The minimum Gasteiger partial charge on any atom is -0.338 e. The Morgan fingerprint density at radius 1 is 1.00 bits per heavy atom. The van der Waals surface area contributed by atoms with Crippen molar-refractivity contribution in [3.8, 4) is 0 Å². The topological polar surface area (TPSA) is 96.5 Å². The van der Waals surface area contributed by atoms with Crippen LogP contribution >= 0.6 is 0 Å². The van der Waals surface area contributed by atoms with E-state index in [0.717, 1.165) is 37.4 Å². The molecule has 0 radical (unpaired) electrons. The van der Waals surface area contributed by atoms with Crippen molar-refractivity contribution in [3.05, 3.63) is 52.8 Å². The number of nitrogens with one attached hydrogen (secondary N) is 1. The predicted octanol–water partition coefficient (Wildman–Crippen LogP) is 3.71. The Balaban J connectivity index is 1.29. The van der Waals surface area contributed by atoms with Gasteiger partial charge in [0.15, 0.2) is 0 Å². The molecule has 200 valence electrons. The number of urea groups is 1. The summed E-state index contributed by atoms with van der Waals surface area (Å²) < 4.78 is 42.6. The largest absolute Gasteiger partial charge is 0.416 e. The van der Waals surface area contributed by atoms with Crippen molar-refractivity contribution in [1.82, 2.24) is 24.9 Å². The minimum absolute atomic E-state index is 0.0979. The van der Waals surface area contributed by atoms with Crippen LogP contribution in [-0.4, -0.2) is 70.8 Å². The summed E-state index contributed by atoms with van der Waals surface area (Å²) in [6.45, 7) is 2.71. The second-order valence-electron chi connectivity index (χ2n) is 10.2. The van der Waals surface area contributed by atoms with Gasteiger partial charge in [0.25, 0.3) is 5.91 Å². The molecule has 0 bridgehead atoms. The van der Waals surface area contributed by atoms with Crippen molar-refractivity contribution < 1.29 is 22.8 Å². The maximum absolute atomic E-state index is 13.6. The second-order valence-corrected chi connectivity index (χ2v) is 10.2. The van der Waals surface area contributed by atoms with E-state index in [1.54, 1.807) is 22.1 Å². The monoisotopic (exact) mass is 518 g/mol. The van der Waals surface area contributed by atoms with E-state index in [2.05, 4.69) is 10.4 Å². The first kappa shape index (κ1) is 25.6. The molecule has 37 heavy (non-hydrogen) atoms. The van der Waals surface area contributed by atoms with Gasteiger partial charge in [-0.25, -0.2) is 4.79 Å². The van der Waals surface area contributed by atoms with Crippen LogP contribution in [0.5, 0.6) is 0 Å². The molecule has 3 fully saturated rings. The Kier molecular flexibility index (Phi) is 7.15. The van der Waals surface area contributed by atoms with E-state index in [4.69, 9.17) is 5.73 Å². The molecular formula is C26H33F3N6O2. The molecule has 11 heteroatoms. The predicted molar refractivity (Wildman–Crippen MR) is 131 cm³/mol. The number of halogens is 3. The third kappa shape index (κ3) is 5.32. The minimum atomic E-state index is -4.42. The molecular weight excluding hydrogens is 485 g/mol. The number of hydrogen-bond donors (Lipinski definition) is 2. The molecule has 2 aromatic rings. The van der Waals surface area contributed by atoms with Crippen molar-refractivity contribution in [1.29, 1.82) is 0 Å². The number of benzene rings is 1. The van der Waals surface area contributed by atoms with Crippen LogP contribution in [0.2, 0.25) is 0 Å². The smallest absolute Gasteiger partial charge is 0.338 e. The number of nitrogens with two attached hydrogens (primary N) is 1. The standard InChI is InChI=1S/C26H33F3N6O2/c27-26(28,29)22-4-2-1-3-20(22)18-7-12-34(16-18)24(36)21-15-32-35(23(21)17-5-6-17)19-8-13-33(14-9-19)25(37)31-11-10-30/h1-4,15,17-19H,5-14,16,30H2,(H,31,37)/t18-/m1/s1. The fourth-order valence-electron chi connectivity index (χ4n) is 5.68. The first-order valence-electron chi connectivity index (χ1n) is 13.0. The first-order valence-corrected chi connectivity index (χ1v) is 13.0. The molecule has 3 N–H and O–H groups in total. The maximum Gasteiger partial charge on any atom is 0.416 e. The lowest BCUT2D eigenvalue weighted by Crippen LogP contribution is -2.46. The van der Waals surface area contributed by atoms with Crippen LogP contribution < -0.4 is 11.1 Å². The number of aromatic nitrogens is 2. The van der Waals surface area contributed by atoms with E-state index >= 15 is 0 Å². The lowest BCUT2D eigenvalue weighted by atomic mass is 9.93. The third-order valence-corrected chi connectivity index (χ3v) is 7.73. The van der Waals surface area contributed by atoms with Gasteiger partial charge < -0.3 is 20.9 Å². The van der Waals surface area contributed by atoms with Crippen LogP contribution in [0.15, 0.2) is 30.5 Å². The summed E-state index contributed by atoms with van der Waals surface area (Å²) in [6.07, 6.45) is 1.18. The van der Waals surface area contributed by atoms with E-state index in [0.29, 0.717) is 44.7 Å². The quantitative estimate of drug-likeness (QED) is 0.609. The van der Waals surface area contributed by atoms with Crippen LogP contribution in [-0.2, 0) is 6.18 Å². The number of piperidine rings is 1. The normalized spacial score (nSPS) is 20.9. The Hall–Kier alpha value is -3.08. The molecule has 3 heterocycles. The molecule has 0 spiro atoms. The first-order chi connectivity index (χ1) is 17.8. The van der Waals surface area contributed by atoms with Gasteiger partial charge in [0, 0.05) is 51.1 Å². The molecule has 0 unspecified atom stereocenters. The Morgan fingerprint density at radius 2 is 1.70 bits per heavy atom. The molecule has 1 aromatic carbocycles. The lowest BCUT2D eigenvalue weighted by molar-refractivity contribution is -0.138. The van der Waals surface area contributed by atoms with Crippen LogP contribution in [0.25, 0.3) is 0 Å². The van der Waals surface area contributed by atoms with E-state index in [1.165, 1.54) is 12.1 Å². The molecule has 1 atom stereocenters. The molecule has 2 aliphatic heterocycles. The summed E-state index contributed by atoms with van der Waals surface area (Å²) in [5.41, 5.74) is 6.61. The fourth-order valence-corrected chi connectivity index (χ4v) is 5.68. The zero-order chi connectivity index (χ0) is 26.2. The van der Waals surface area contributed by atoms with Crippen molar-refractivity contribution in [3.63, 3.8) is 0 Å². The average Bonchev–Trinajstić information content (AvgIpc) is 3.44. The number of nitrogens with zero attached hydrogens (tertiary/aromatic N) is 4. The molecule has 3 aliphatic rings. The summed E-state index contributed by atoms with van der Waals surface area (Å²) in [6, 6.07) is 5.65. The number of carbonyl (C=O) groups is 2. The summed E-state index contributed by atoms with van der Waals surface area (Å²) in [4.78, 5) is 29.3. The molecule has 2 saturated heterocycles. The van der Waals surface area contributed by atoms with Gasteiger partial charge >= 0.3 is 12.2 Å². The molecule has 1 aliphatic carbocycles. The van der Waals surface area contributed by atoms with E-state index in [9.17, 15) is 22.8 Å². The van der Waals surface area contributed by atoms with Gasteiger partial charge in [0.1, 0.15) is 0 Å². The van der Waals surface area contributed by atoms with Crippen LogP contribution in [0, 0.1) is 0 Å².